The highest BCUT2D eigenvalue weighted by molar-refractivity contribution is 9.11. The van der Waals surface area contributed by atoms with Gasteiger partial charge in [0.2, 0.25) is 0 Å². The van der Waals surface area contributed by atoms with E-state index in [1.54, 1.807) is 24.5 Å². The Morgan fingerprint density at radius 2 is 2.19 bits per heavy atom. The zero-order valence-corrected chi connectivity index (χ0v) is 15.7. The SMILES string of the molecule is COCCN(Cc1cccs1)S(=O)(=O)c1cc(C)c(Br)s1. The number of halogens is 1. The first-order valence-electron chi connectivity index (χ1n) is 6.22. The molecule has 2 heterocycles. The van der Waals surface area contributed by atoms with Crippen LogP contribution in [0, 0.1) is 6.92 Å². The number of nitrogens with zero attached hydrogens (tertiary/aromatic N) is 1. The summed E-state index contributed by atoms with van der Waals surface area (Å²) in [4.78, 5) is 1.02. The lowest BCUT2D eigenvalue weighted by molar-refractivity contribution is 0.178. The van der Waals surface area contributed by atoms with E-state index in [2.05, 4.69) is 15.9 Å². The molecule has 0 amide bonds. The second-order valence-electron chi connectivity index (χ2n) is 4.43. The van der Waals surface area contributed by atoms with E-state index >= 15 is 0 Å². The van der Waals surface area contributed by atoms with Gasteiger partial charge in [-0.3, -0.25) is 0 Å². The summed E-state index contributed by atoms with van der Waals surface area (Å²) in [5, 5.41) is 1.95. The van der Waals surface area contributed by atoms with Crippen molar-refractivity contribution in [3.05, 3.63) is 37.8 Å². The summed E-state index contributed by atoms with van der Waals surface area (Å²) in [6.07, 6.45) is 0. The Morgan fingerprint density at radius 1 is 1.43 bits per heavy atom. The molecular formula is C13H16BrNO3S3. The molecule has 0 unspecified atom stereocenters. The van der Waals surface area contributed by atoms with Crippen molar-refractivity contribution in [2.24, 2.45) is 0 Å². The van der Waals surface area contributed by atoms with Crippen LogP contribution >= 0.6 is 38.6 Å². The first kappa shape index (κ1) is 17.1. The molecule has 0 atom stereocenters. The van der Waals surface area contributed by atoms with Crippen LogP contribution in [0.5, 0.6) is 0 Å². The number of hydrogen-bond acceptors (Lipinski definition) is 5. The predicted octanol–water partition coefficient (Wildman–Crippen LogP) is 3.72. The van der Waals surface area contributed by atoms with E-state index in [0.29, 0.717) is 23.9 Å². The largest absolute Gasteiger partial charge is 0.383 e. The smallest absolute Gasteiger partial charge is 0.253 e. The van der Waals surface area contributed by atoms with Gasteiger partial charge >= 0.3 is 0 Å². The predicted molar refractivity (Wildman–Crippen MR) is 90.5 cm³/mol. The molecule has 0 aliphatic heterocycles. The second-order valence-corrected chi connectivity index (χ2v) is 10.0. The Kier molecular flexibility index (Phi) is 5.98. The maximum Gasteiger partial charge on any atom is 0.253 e. The van der Waals surface area contributed by atoms with Gasteiger partial charge in [-0.05, 0) is 45.9 Å². The van der Waals surface area contributed by atoms with Gasteiger partial charge in [0.05, 0.1) is 10.4 Å². The maximum atomic E-state index is 12.8. The van der Waals surface area contributed by atoms with Crippen LogP contribution in [0.4, 0.5) is 0 Å². The standard InChI is InChI=1S/C13H16BrNO3S3/c1-10-8-12(20-13(10)14)21(16,17)15(5-6-18-2)9-11-4-3-7-19-11/h3-4,7-8H,5-6,9H2,1-2H3. The fourth-order valence-corrected chi connectivity index (χ4v) is 6.32. The van der Waals surface area contributed by atoms with Gasteiger partial charge in [-0.1, -0.05) is 6.07 Å². The van der Waals surface area contributed by atoms with Crippen molar-refractivity contribution in [1.29, 1.82) is 0 Å². The Bertz CT molecular complexity index is 660. The van der Waals surface area contributed by atoms with Crippen LogP contribution < -0.4 is 0 Å². The van der Waals surface area contributed by atoms with Crippen LogP contribution in [0.3, 0.4) is 0 Å². The molecule has 0 radical (unpaired) electrons. The number of ether oxygens (including phenoxy) is 1. The minimum atomic E-state index is -3.50. The number of methoxy groups -OCH3 is 1. The van der Waals surface area contributed by atoms with Crippen LogP contribution in [-0.4, -0.2) is 33.0 Å². The number of rotatable bonds is 7. The molecular weight excluding hydrogens is 394 g/mol. The fraction of sp³-hybridized carbons (Fsp3) is 0.385. The van der Waals surface area contributed by atoms with Crippen LogP contribution in [0.15, 0.2) is 31.6 Å². The summed E-state index contributed by atoms with van der Waals surface area (Å²) in [6, 6.07) is 5.57. The highest BCUT2D eigenvalue weighted by atomic mass is 79.9. The quantitative estimate of drug-likeness (QED) is 0.699. The molecule has 4 nitrogen and oxygen atoms in total. The van der Waals surface area contributed by atoms with Crippen molar-refractivity contribution in [3.63, 3.8) is 0 Å². The Labute approximate surface area is 141 Å². The van der Waals surface area contributed by atoms with Crippen LogP contribution in [0.1, 0.15) is 10.4 Å². The number of sulfonamides is 1. The molecule has 116 valence electrons. The van der Waals surface area contributed by atoms with E-state index in [1.165, 1.54) is 15.6 Å². The van der Waals surface area contributed by atoms with Gasteiger partial charge < -0.3 is 4.74 Å². The summed E-state index contributed by atoms with van der Waals surface area (Å²) < 4.78 is 33.3. The lowest BCUT2D eigenvalue weighted by Crippen LogP contribution is -2.32. The summed E-state index contributed by atoms with van der Waals surface area (Å²) in [5.41, 5.74) is 0.932. The van der Waals surface area contributed by atoms with Gasteiger partial charge in [0.15, 0.2) is 0 Å². The van der Waals surface area contributed by atoms with Crippen LogP contribution in [0.2, 0.25) is 0 Å². The Morgan fingerprint density at radius 3 is 2.71 bits per heavy atom. The van der Waals surface area contributed by atoms with E-state index < -0.39 is 10.0 Å². The Hall–Kier alpha value is -0.250. The fourth-order valence-electron chi connectivity index (χ4n) is 1.74. The Balaban J connectivity index is 2.29. The van der Waals surface area contributed by atoms with Gasteiger partial charge in [-0.15, -0.1) is 22.7 Å². The molecule has 0 aliphatic rings. The van der Waals surface area contributed by atoms with Crippen molar-refractivity contribution >= 4 is 48.6 Å². The third-order valence-corrected chi connectivity index (χ3v) is 8.18. The molecule has 0 saturated carbocycles. The molecule has 0 aliphatic carbocycles. The molecule has 8 heteroatoms. The third kappa shape index (κ3) is 4.14. The zero-order valence-electron chi connectivity index (χ0n) is 11.7. The van der Waals surface area contributed by atoms with E-state index in [9.17, 15) is 8.42 Å². The molecule has 0 spiro atoms. The third-order valence-electron chi connectivity index (χ3n) is 2.89. The first-order chi connectivity index (χ1) is 9.95. The average Bonchev–Trinajstić information content (AvgIpc) is 3.05. The number of aryl methyl sites for hydroxylation is 1. The van der Waals surface area contributed by atoms with Gasteiger partial charge in [0, 0.05) is 25.1 Å². The minimum Gasteiger partial charge on any atom is -0.383 e. The zero-order chi connectivity index (χ0) is 15.5. The van der Waals surface area contributed by atoms with E-state index in [-0.39, 0.29) is 0 Å². The topological polar surface area (TPSA) is 46.6 Å². The molecule has 0 aromatic carbocycles. The van der Waals surface area contributed by atoms with Crippen molar-refractivity contribution in [1.82, 2.24) is 4.31 Å². The normalized spacial score (nSPS) is 12.2. The van der Waals surface area contributed by atoms with Crippen molar-refractivity contribution < 1.29 is 13.2 Å². The molecule has 0 bridgehead atoms. The highest BCUT2D eigenvalue weighted by Gasteiger charge is 2.27. The lowest BCUT2D eigenvalue weighted by Gasteiger charge is -2.20. The van der Waals surface area contributed by atoms with Crippen molar-refractivity contribution in [2.75, 3.05) is 20.3 Å². The summed E-state index contributed by atoms with van der Waals surface area (Å²) in [7, 11) is -1.93. The van der Waals surface area contributed by atoms with Gasteiger partial charge in [-0.2, -0.15) is 4.31 Å². The van der Waals surface area contributed by atoms with Crippen LogP contribution in [0.25, 0.3) is 0 Å². The summed E-state index contributed by atoms with van der Waals surface area (Å²) in [6.45, 7) is 2.97. The molecule has 2 aromatic rings. The number of thiophene rings is 2. The second kappa shape index (κ2) is 7.34. The van der Waals surface area contributed by atoms with Gasteiger partial charge in [0.1, 0.15) is 4.21 Å². The van der Waals surface area contributed by atoms with Gasteiger partial charge in [-0.25, -0.2) is 8.42 Å². The summed E-state index contributed by atoms with van der Waals surface area (Å²) >= 11 is 6.18. The lowest BCUT2D eigenvalue weighted by atomic mass is 10.4. The van der Waals surface area contributed by atoms with E-state index in [0.717, 1.165) is 14.2 Å². The minimum absolute atomic E-state index is 0.339. The molecule has 2 aromatic heterocycles. The molecule has 0 fully saturated rings. The van der Waals surface area contributed by atoms with Crippen molar-refractivity contribution in [3.8, 4) is 0 Å². The summed E-state index contributed by atoms with van der Waals surface area (Å²) in [5.74, 6) is 0. The average molecular weight is 410 g/mol. The maximum absolute atomic E-state index is 12.8. The molecule has 21 heavy (non-hydrogen) atoms. The van der Waals surface area contributed by atoms with Gasteiger partial charge in [0.25, 0.3) is 10.0 Å². The molecule has 2 rings (SSSR count). The molecule has 0 N–H and O–H groups in total. The van der Waals surface area contributed by atoms with E-state index in [4.69, 9.17) is 4.74 Å². The first-order valence-corrected chi connectivity index (χ1v) is 10.2. The van der Waals surface area contributed by atoms with Crippen LogP contribution in [-0.2, 0) is 21.3 Å². The van der Waals surface area contributed by atoms with E-state index in [1.807, 2.05) is 24.4 Å². The number of hydrogen-bond donors (Lipinski definition) is 0. The molecule has 0 saturated heterocycles. The van der Waals surface area contributed by atoms with Crippen molar-refractivity contribution in [2.45, 2.75) is 17.7 Å². The monoisotopic (exact) mass is 409 g/mol. The highest BCUT2D eigenvalue weighted by Crippen LogP contribution is 2.33.